The number of carbonyl (C=O) groups is 1. The molecule has 0 fully saturated rings. The van der Waals surface area contributed by atoms with Crippen LogP contribution in [0.3, 0.4) is 0 Å². The zero-order valence-electron chi connectivity index (χ0n) is 16.1. The molecule has 0 saturated heterocycles. The van der Waals surface area contributed by atoms with Gasteiger partial charge in [0.2, 0.25) is 15.9 Å². The van der Waals surface area contributed by atoms with Crippen molar-refractivity contribution in [2.24, 2.45) is 0 Å². The second-order valence-electron chi connectivity index (χ2n) is 5.99. The number of benzene rings is 2. The molecule has 0 bridgehead atoms. The molecular weight excluding hydrogens is 404 g/mol. The highest BCUT2D eigenvalue weighted by atomic mass is 35.5. The zero-order chi connectivity index (χ0) is 20.9. The molecule has 0 aliphatic heterocycles. The minimum absolute atomic E-state index is 0.244. The van der Waals surface area contributed by atoms with E-state index in [0.717, 1.165) is 10.6 Å². The Kier molecular flexibility index (Phi) is 7.15. The van der Waals surface area contributed by atoms with Gasteiger partial charge in [0, 0.05) is 0 Å². The number of nitrogens with one attached hydrogen (secondary N) is 1. The number of amides is 1. The minimum atomic E-state index is -3.78. The molecule has 0 spiro atoms. The molecule has 152 valence electrons. The Morgan fingerprint density at radius 3 is 2.32 bits per heavy atom. The van der Waals surface area contributed by atoms with Crippen LogP contribution in [0.25, 0.3) is 0 Å². The number of carbonyl (C=O) groups excluding carboxylic acids is 1. The summed E-state index contributed by atoms with van der Waals surface area (Å²) in [4.78, 5) is 13.0. The molecule has 9 heteroatoms. The fourth-order valence-corrected chi connectivity index (χ4v) is 4.27. The van der Waals surface area contributed by atoms with Crippen LogP contribution in [0.5, 0.6) is 11.5 Å². The summed E-state index contributed by atoms with van der Waals surface area (Å²) in [6.45, 7) is 1.73. The Labute approximate surface area is 170 Å². The fourth-order valence-electron chi connectivity index (χ4n) is 2.82. The number of anilines is 2. The maximum Gasteiger partial charge on any atom is 0.248 e. The summed E-state index contributed by atoms with van der Waals surface area (Å²) in [6, 6.07) is 10.5. The third-order valence-corrected chi connectivity index (χ3v) is 5.56. The maximum atomic E-state index is 13.0. The van der Waals surface area contributed by atoms with Crippen molar-refractivity contribution in [3.05, 3.63) is 47.5 Å². The van der Waals surface area contributed by atoms with Crippen molar-refractivity contribution < 1.29 is 22.7 Å². The van der Waals surface area contributed by atoms with Gasteiger partial charge in [-0.05, 0) is 36.8 Å². The zero-order valence-corrected chi connectivity index (χ0v) is 17.7. The van der Waals surface area contributed by atoms with Gasteiger partial charge in [-0.2, -0.15) is 0 Å². The van der Waals surface area contributed by atoms with Crippen molar-refractivity contribution >= 4 is 38.9 Å². The first-order valence-electron chi connectivity index (χ1n) is 8.49. The molecule has 0 saturated carbocycles. The average molecular weight is 427 g/mol. The average Bonchev–Trinajstić information content (AvgIpc) is 2.65. The smallest absolute Gasteiger partial charge is 0.248 e. The standard InChI is InChI=1S/C19H23ClN2O5S/c1-5-16(19(23)21-15-8-6-7-9-18(15)27-3)22(28(4,24)25)13-10-11-17(26-2)14(20)12-13/h6-12,16H,5H2,1-4H3,(H,21,23)/t16-/m1/s1. The van der Waals surface area contributed by atoms with E-state index in [9.17, 15) is 13.2 Å². The molecule has 28 heavy (non-hydrogen) atoms. The number of sulfonamides is 1. The lowest BCUT2D eigenvalue weighted by Crippen LogP contribution is -2.47. The minimum Gasteiger partial charge on any atom is -0.495 e. The van der Waals surface area contributed by atoms with Gasteiger partial charge in [-0.1, -0.05) is 30.7 Å². The van der Waals surface area contributed by atoms with Crippen LogP contribution >= 0.6 is 11.6 Å². The largest absolute Gasteiger partial charge is 0.495 e. The highest BCUT2D eigenvalue weighted by Crippen LogP contribution is 2.32. The third-order valence-electron chi connectivity index (χ3n) is 4.08. The first-order chi connectivity index (χ1) is 13.2. The fraction of sp³-hybridized carbons (Fsp3) is 0.316. The quantitative estimate of drug-likeness (QED) is 0.697. The van der Waals surface area contributed by atoms with Gasteiger partial charge in [0.1, 0.15) is 17.5 Å². The van der Waals surface area contributed by atoms with Gasteiger partial charge in [0.15, 0.2) is 0 Å². The van der Waals surface area contributed by atoms with Crippen LogP contribution in [0, 0.1) is 0 Å². The summed E-state index contributed by atoms with van der Waals surface area (Å²) in [5.74, 6) is 0.402. The van der Waals surface area contributed by atoms with E-state index < -0.39 is 22.0 Å². The van der Waals surface area contributed by atoms with Crippen molar-refractivity contribution in [2.45, 2.75) is 19.4 Å². The van der Waals surface area contributed by atoms with Crippen molar-refractivity contribution in [3.8, 4) is 11.5 Å². The number of hydrogen-bond donors (Lipinski definition) is 1. The van der Waals surface area contributed by atoms with Gasteiger partial charge in [-0.3, -0.25) is 9.10 Å². The van der Waals surface area contributed by atoms with Crippen LogP contribution in [-0.4, -0.2) is 40.8 Å². The van der Waals surface area contributed by atoms with Crippen LogP contribution in [0.15, 0.2) is 42.5 Å². The van der Waals surface area contributed by atoms with E-state index in [4.69, 9.17) is 21.1 Å². The molecule has 1 amide bonds. The lowest BCUT2D eigenvalue weighted by Gasteiger charge is -2.30. The molecule has 0 unspecified atom stereocenters. The van der Waals surface area contributed by atoms with Crippen LogP contribution < -0.4 is 19.1 Å². The van der Waals surface area contributed by atoms with Crippen LogP contribution in [0.2, 0.25) is 5.02 Å². The van der Waals surface area contributed by atoms with Crippen molar-refractivity contribution in [1.82, 2.24) is 0 Å². The van der Waals surface area contributed by atoms with E-state index in [1.54, 1.807) is 43.3 Å². The SMILES string of the molecule is CC[C@H](C(=O)Nc1ccccc1OC)N(c1ccc(OC)c(Cl)c1)S(C)(=O)=O. The monoisotopic (exact) mass is 426 g/mol. The molecule has 0 aliphatic rings. The predicted molar refractivity (Wildman–Crippen MR) is 111 cm³/mol. The molecule has 1 atom stereocenters. The van der Waals surface area contributed by atoms with Crippen molar-refractivity contribution in [3.63, 3.8) is 0 Å². The first-order valence-corrected chi connectivity index (χ1v) is 10.7. The first kappa shape index (κ1) is 21.8. The van der Waals surface area contributed by atoms with Gasteiger partial charge in [-0.25, -0.2) is 8.42 Å². The molecule has 2 rings (SSSR count). The topological polar surface area (TPSA) is 84.9 Å². The van der Waals surface area contributed by atoms with E-state index >= 15 is 0 Å². The summed E-state index contributed by atoms with van der Waals surface area (Å²) in [6.07, 6.45) is 1.29. The summed E-state index contributed by atoms with van der Waals surface area (Å²) in [5, 5.41) is 2.99. The number of methoxy groups -OCH3 is 2. The maximum absolute atomic E-state index is 13.0. The van der Waals surface area contributed by atoms with Crippen LogP contribution in [0.1, 0.15) is 13.3 Å². The molecule has 0 radical (unpaired) electrons. The number of hydrogen-bond acceptors (Lipinski definition) is 5. The molecule has 0 aromatic heterocycles. The van der Waals surface area contributed by atoms with E-state index in [1.165, 1.54) is 20.3 Å². The Bertz CT molecular complexity index is 949. The molecule has 0 heterocycles. The van der Waals surface area contributed by atoms with E-state index in [-0.39, 0.29) is 17.1 Å². The molecule has 2 aromatic rings. The molecule has 2 aromatic carbocycles. The van der Waals surface area contributed by atoms with Gasteiger partial charge in [0.05, 0.1) is 36.9 Å². The number of nitrogens with zero attached hydrogens (tertiary/aromatic N) is 1. The van der Waals surface area contributed by atoms with Gasteiger partial charge in [0.25, 0.3) is 0 Å². The van der Waals surface area contributed by atoms with Gasteiger partial charge >= 0.3 is 0 Å². The summed E-state index contributed by atoms with van der Waals surface area (Å²) in [5.41, 5.74) is 0.727. The lowest BCUT2D eigenvalue weighted by atomic mass is 10.1. The normalized spacial score (nSPS) is 12.2. The highest BCUT2D eigenvalue weighted by Gasteiger charge is 2.32. The van der Waals surface area contributed by atoms with Crippen molar-refractivity contribution in [2.75, 3.05) is 30.1 Å². The number of ether oxygens (including phenoxy) is 2. The lowest BCUT2D eigenvalue weighted by molar-refractivity contribution is -0.117. The summed E-state index contributed by atoms with van der Waals surface area (Å²) < 4.78 is 36.5. The number of halogens is 1. The van der Waals surface area contributed by atoms with E-state index in [2.05, 4.69) is 5.32 Å². The van der Waals surface area contributed by atoms with E-state index in [0.29, 0.717) is 17.2 Å². The van der Waals surface area contributed by atoms with Gasteiger partial charge in [-0.15, -0.1) is 0 Å². The number of para-hydroxylation sites is 2. The van der Waals surface area contributed by atoms with E-state index in [1.807, 2.05) is 0 Å². The molecule has 0 aliphatic carbocycles. The Hall–Kier alpha value is -2.45. The summed E-state index contributed by atoms with van der Waals surface area (Å²) >= 11 is 6.16. The molecule has 7 nitrogen and oxygen atoms in total. The summed E-state index contributed by atoms with van der Waals surface area (Å²) in [7, 11) is -0.823. The second kappa shape index (κ2) is 9.16. The predicted octanol–water partition coefficient (Wildman–Crippen LogP) is 3.54. The highest BCUT2D eigenvalue weighted by molar-refractivity contribution is 7.92. The van der Waals surface area contributed by atoms with Crippen molar-refractivity contribution in [1.29, 1.82) is 0 Å². The third kappa shape index (κ3) is 4.88. The second-order valence-corrected chi connectivity index (χ2v) is 8.26. The number of rotatable bonds is 8. The Morgan fingerprint density at radius 2 is 1.79 bits per heavy atom. The molecule has 1 N–H and O–H groups in total. The molecular formula is C19H23ClN2O5S. The Balaban J connectivity index is 2.43. The van der Waals surface area contributed by atoms with Crippen LogP contribution in [-0.2, 0) is 14.8 Å². The Morgan fingerprint density at radius 1 is 1.14 bits per heavy atom. The van der Waals surface area contributed by atoms with Crippen LogP contribution in [0.4, 0.5) is 11.4 Å². The van der Waals surface area contributed by atoms with Gasteiger partial charge < -0.3 is 14.8 Å².